The van der Waals surface area contributed by atoms with Crippen molar-refractivity contribution in [3.63, 3.8) is 0 Å². The van der Waals surface area contributed by atoms with Crippen LogP contribution in [0.2, 0.25) is 5.02 Å². The summed E-state index contributed by atoms with van der Waals surface area (Å²) in [5.74, 6) is 0.415. The molecule has 0 radical (unpaired) electrons. The van der Waals surface area contributed by atoms with Gasteiger partial charge < -0.3 is 10.6 Å². The lowest BCUT2D eigenvalue weighted by Gasteiger charge is -2.49. The van der Waals surface area contributed by atoms with Crippen molar-refractivity contribution in [3.05, 3.63) is 64.2 Å². The summed E-state index contributed by atoms with van der Waals surface area (Å²) < 4.78 is 0. The van der Waals surface area contributed by atoms with E-state index < -0.39 is 5.41 Å². The molecule has 3 fully saturated rings. The molecular weight excluding hydrogens is 408 g/mol. The summed E-state index contributed by atoms with van der Waals surface area (Å²) in [4.78, 5) is 27.0. The van der Waals surface area contributed by atoms with E-state index in [1.807, 2.05) is 24.3 Å². The molecule has 2 saturated carbocycles. The SMILES string of the molecule is CCC1(C2NC(=O)CC(c3cccc(Cl)c3)C23C(=O)Nc2cc(C4CC4)ccc23)CC1. The van der Waals surface area contributed by atoms with Gasteiger partial charge in [0.1, 0.15) is 5.41 Å². The molecule has 2 aromatic carbocycles. The summed E-state index contributed by atoms with van der Waals surface area (Å²) in [6.45, 7) is 2.18. The van der Waals surface area contributed by atoms with E-state index in [9.17, 15) is 9.59 Å². The number of fused-ring (bicyclic) bond motifs is 2. The highest BCUT2D eigenvalue weighted by molar-refractivity contribution is 6.30. The molecule has 4 nitrogen and oxygen atoms in total. The van der Waals surface area contributed by atoms with Crippen LogP contribution in [0.3, 0.4) is 0 Å². The minimum Gasteiger partial charge on any atom is -0.351 e. The molecule has 2 N–H and O–H groups in total. The van der Waals surface area contributed by atoms with Gasteiger partial charge in [-0.15, -0.1) is 0 Å². The smallest absolute Gasteiger partial charge is 0.237 e. The molecule has 1 saturated heterocycles. The minimum atomic E-state index is -0.817. The molecule has 0 bridgehead atoms. The molecule has 1 spiro atoms. The fraction of sp³-hybridized carbons (Fsp3) is 0.462. The van der Waals surface area contributed by atoms with Crippen LogP contribution in [-0.4, -0.2) is 17.9 Å². The normalized spacial score (nSPS) is 30.6. The van der Waals surface area contributed by atoms with Crippen molar-refractivity contribution in [1.29, 1.82) is 0 Å². The van der Waals surface area contributed by atoms with Crippen LogP contribution in [0.15, 0.2) is 42.5 Å². The van der Waals surface area contributed by atoms with Crippen molar-refractivity contribution in [2.24, 2.45) is 5.41 Å². The van der Waals surface area contributed by atoms with Crippen LogP contribution < -0.4 is 10.6 Å². The predicted octanol–water partition coefficient (Wildman–Crippen LogP) is 5.27. The summed E-state index contributed by atoms with van der Waals surface area (Å²) in [5.41, 5.74) is 3.40. The Balaban J connectivity index is 1.58. The van der Waals surface area contributed by atoms with E-state index in [2.05, 4.69) is 35.8 Å². The van der Waals surface area contributed by atoms with E-state index in [1.54, 1.807) is 0 Å². The zero-order chi connectivity index (χ0) is 21.4. The second kappa shape index (κ2) is 6.59. The van der Waals surface area contributed by atoms with E-state index in [0.717, 1.165) is 36.1 Å². The summed E-state index contributed by atoms with van der Waals surface area (Å²) in [6.07, 6.45) is 5.77. The van der Waals surface area contributed by atoms with Crippen LogP contribution in [-0.2, 0) is 15.0 Å². The standard InChI is InChI=1S/C26H27ClN2O2/c1-2-25(10-11-25)23-26(20(14-22(30)29-23)17-4-3-5-18(27)12-17)19-9-8-16(15-6-7-15)13-21(19)28-24(26)31/h3-5,8-9,12-13,15,20,23H,2,6-7,10-11,14H2,1H3,(H,28,31)(H,29,30). The van der Waals surface area contributed by atoms with E-state index in [-0.39, 0.29) is 35.6 Å². The molecule has 2 aliphatic carbocycles. The van der Waals surface area contributed by atoms with Crippen LogP contribution >= 0.6 is 11.6 Å². The number of benzene rings is 2. The number of carbonyl (C=O) groups is 2. The fourth-order valence-corrected chi connectivity index (χ4v) is 6.50. The highest BCUT2D eigenvalue weighted by Gasteiger charge is 2.67. The molecule has 2 amide bonds. The number of piperidine rings is 1. The number of rotatable bonds is 4. The lowest BCUT2D eigenvalue weighted by atomic mass is 9.57. The maximum Gasteiger partial charge on any atom is 0.237 e. The molecule has 3 unspecified atom stereocenters. The zero-order valence-electron chi connectivity index (χ0n) is 17.7. The van der Waals surface area contributed by atoms with Crippen LogP contribution in [0.25, 0.3) is 0 Å². The predicted molar refractivity (Wildman–Crippen MR) is 121 cm³/mol. The maximum atomic E-state index is 14.0. The maximum absolute atomic E-state index is 14.0. The second-order valence-electron chi connectivity index (χ2n) is 9.93. The van der Waals surface area contributed by atoms with E-state index in [0.29, 0.717) is 10.9 Å². The van der Waals surface area contributed by atoms with Crippen molar-refractivity contribution in [2.45, 2.75) is 68.7 Å². The molecule has 6 rings (SSSR count). The number of anilines is 1. The van der Waals surface area contributed by atoms with Gasteiger partial charge >= 0.3 is 0 Å². The van der Waals surface area contributed by atoms with Crippen molar-refractivity contribution < 1.29 is 9.59 Å². The Bertz CT molecular complexity index is 1100. The third kappa shape index (κ3) is 2.73. The van der Waals surface area contributed by atoms with E-state index >= 15 is 0 Å². The number of carbonyl (C=O) groups excluding carboxylic acids is 2. The number of halogens is 1. The Kier molecular flexibility index (Phi) is 4.11. The number of hydrogen-bond donors (Lipinski definition) is 2. The van der Waals surface area contributed by atoms with Gasteiger partial charge in [-0.05, 0) is 78.3 Å². The number of hydrogen-bond acceptors (Lipinski definition) is 2. The molecule has 2 heterocycles. The summed E-state index contributed by atoms with van der Waals surface area (Å²) in [6, 6.07) is 14.0. The summed E-state index contributed by atoms with van der Waals surface area (Å²) >= 11 is 6.36. The average Bonchev–Trinajstić information content (AvgIpc) is 3.68. The largest absolute Gasteiger partial charge is 0.351 e. The van der Waals surface area contributed by atoms with Gasteiger partial charge in [-0.2, -0.15) is 0 Å². The Morgan fingerprint density at radius 2 is 1.87 bits per heavy atom. The Morgan fingerprint density at radius 1 is 1.06 bits per heavy atom. The first-order valence-corrected chi connectivity index (χ1v) is 11.9. The molecule has 0 aromatic heterocycles. The van der Waals surface area contributed by atoms with Gasteiger partial charge in [0.15, 0.2) is 0 Å². The van der Waals surface area contributed by atoms with Gasteiger partial charge in [0.25, 0.3) is 0 Å². The first kappa shape index (κ1) is 19.4. The third-order valence-electron chi connectivity index (χ3n) is 8.32. The number of amides is 2. The first-order valence-electron chi connectivity index (χ1n) is 11.5. The third-order valence-corrected chi connectivity index (χ3v) is 8.56. The Morgan fingerprint density at radius 3 is 2.55 bits per heavy atom. The molecule has 4 aliphatic rings. The van der Waals surface area contributed by atoms with Gasteiger partial charge in [0, 0.05) is 23.0 Å². The monoisotopic (exact) mass is 434 g/mol. The zero-order valence-corrected chi connectivity index (χ0v) is 18.5. The van der Waals surface area contributed by atoms with Gasteiger partial charge in [-0.1, -0.05) is 42.8 Å². The molecule has 2 aliphatic heterocycles. The molecule has 160 valence electrons. The highest BCUT2D eigenvalue weighted by Crippen LogP contribution is 2.63. The van der Waals surface area contributed by atoms with Crippen molar-refractivity contribution in [1.82, 2.24) is 5.32 Å². The van der Waals surface area contributed by atoms with Gasteiger partial charge in [-0.25, -0.2) is 0 Å². The minimum absolute atomic E-state index is 0.0187. The lowest BCUT2D eigenvalue weighted by molar-refractivity contribution is -0.133. The Labute approximate surface area is 187 Å². The number of nitrogens with one attached hydrogen (secondary N) is 2. The highest BCUT2D eigenvalue weighted by atomic mass is 35.5. The fourth-order valence-electron chi connectivity index (χ4n) is 6.31. The topological polar surface area (TPSA) is 58.2 Å². The van der Waals surface area contributed by atoms with Gasteiger partial charge in [-0.3, -0.25) is 9.59 Å². The van der Waals surface area contributed by atoms with Crippen LogP contribution in [0.1, 0.15) is 74.0 Å². The molecule has 3 atom stereocenters. The Hall–Kier alpha value is -2.33. The van der Waals surface area contributed by atoms with Gasteiger partial charge in [0.2, 0.25) is 11.8 Å². The second-order valence-corrected chi connectivity index (χ2v) is 10.4. The molecule has 2 aromatic rings. The van der Waals surface area contributed by atoms with Crippen molar-refractivity contribution in [2.75, 3.05) is 5.32 Å². The average molecular weight is 435 g/mol. The summed E-state index contributed by atoms with van der Waals surface area (Å²) in [5, 5.41) is 7.18. The van der Waals surface area contributed by atoms with Crippen LogP contribution in [0, 0.1) is 5.41 Å². The molecule has 5 heteroatoms. The first-order chi connectivity index (χ1) is 15.0. The molecular formula is C26H27ClN2O2. The van der Waals surface area contributed by atoms with Gasteiger partial charge in [0.05, 0.1) is 6.04 Å². The van der Waals surface area contributed by atoms with E-state index in [4.69, 9.17) is 11.6 Å². The molecule has 31 heavy (non-hydrogen) atoms. The van der Waals surface area contributed by atoms with E-state index in [1.165, 1.54) is 18.4 Å². The van der Waals surface area contributed by atoms with Crippen LogP contribution in [0.4, 0.5) is 5.69 Å². The van der Waals surface area contributed by atoms with Crippen molar-refractivity contribution >= 4 is 29.1 Å². The van der Waals surface area contributed by atoms with Crippen LogP contribution in [0.5, 0.6) is 0 Å². The summed E-state index contributed by atoms with van der Waals surface area (Å²) in [7, 11) is 0. The quantitative estimate of drug-likeness (QED) is 0.688. The lowest BCUT2D eigenvalue weighted by Crippen LogP contribution is -2.65. The van der Waals surface area contributed by atoms with Crippen molar-refractivity contribution in [3.8, 4) is 0 Å².